The lowest BCUT2D eigenvalue weighted by atomic mass is 10.1. The van der Waals surface area contributed by atoms with Gasteiger partial charge in [-0.25, -0.2) is 4.79 Å². The summed E-state index contributed by atoms with van der Waals surface area (Å²) in [7, 11) is 0. The van der Waals surface area contributed by atoms with Crippen LogP contribution in [-0.4, -0.2) is 47.8 Å². The van der Waals surface area contributed by atoms with Gasteiger partial charge in [-0.3, -0.25) is 4.79 Å². The molecule has 1 aliphatic heterocycles. The molecule has 0 bridgehead atoms. The van der Waals surface area contributed by atoms with Gasteiger partial charge in [0.25, 0.3) is 0 Å². The SMILES string of the molecule is Cc1ccc(NC(=O)N2CCOC(CC(=O)O)C2)cc1C. The maximum atomic E-state index is 12.2. The highest BCUT2D eigenvalue weighted by Crippen LogP contribution is 2.16. The van der Waals surface area contributed by atoms with Gasteiger partial charge in [-0.05, 0) is 37.1 Å². The van der Waals surface area contributed by atoms with Crippen LogP contribution in [0.4, 0.5) is 10.5 Å². The van der Waals surface area contributed by atoms with Crippen molar-refractivity contribution in [2.24, 2.45) is 0 Å². The molecule has 0 aliphatic carbocycles. The van der Waals surface area contributed by atoms with Crippen molar-refractivity contribution >= 4 is 17.7 Å². The molecule has 1 aromatic rings. The van der Waals surface area contributed by atoms with Crippen molar-refractivity contribution in [3.63, 3.8) is 0 Å². The first-order valence-corrected chi connectivity index (χ1v) is 6.92. The van der Waals surface area contributed by atoms with E-state index in [9.17, 15) is 9.59 Å². The molecule has 2 amide bonds. The molecule has 0 radical (unpaired) electrons. The zero-order valence-corrected chi connectivity index (χ0v) is 12.3. The van der Waals surface area contributed by atoms with E-state index in [2.05, 4.69) is 5.32 Å². The zero-order chi connectivity index (χ0) is 15.4. The maximum Gasteiger partial charge on any atom is 0.322 e. The second-order valence-corrected chi connectivity index (χ2v) is 5.27. The van der Waals surface area contributed by atoms with Gasteiger partial charge in [-0.2, -0.15) is 0 Å². The summed E-state index contributed by atoms with van der Waals surface area (Å²) in [6, 6.07) is 5.51. The summed E-state index contributed by atoms with van der Waals surface area (Å²) in [6.07, 6.45) is -0.533. The normalized spacial score (nSPS) is 18.4. The Morgan fingerprint density at radius 1 is 1.38 bits per heavy atom. The van der Waals surface area contributed by atoms with Crippen molar-refractivity contribution in [1.29, 1.82) is 0 Å². The fourth-order valence-electron chi connectivity index (χ4n) is 2.24. The van der Waals surface area contributed by atoms with Crippen LogP contribution >= 0.6 is 0 Å². The molecule has 21 heavy (non-hydrogen) atoms. The summed E-state index contributed by atoms with van der Waals surface area (Å²) in [5.74, 6) is -0.920. The molecule has 0 aromatic heterocycles. The number of morpholine rings is 1. The molecule has 6 heteroatoms. The molecule has 0 spiro atoms. The minimum absolute atomic E-state index is 0.0899. The van der Waals surface area contributed by atoms with Crippen molar-refractivity contribution in [3.8, 4) is 0 Å². The Bertz CT molecular complexity index is 544. The van der Waals surface area contributed by atoms with E-state index in [4.69, 9.17) is 9.84 Å². The summed E-state index contributed by atoms with van der Waals surface area (Å²) in [5.41, 5.74) is 3.02. The molecule has 1 atom stereocenters. The first kappa shape index (κ1) is 15.3. The highest BCUT2D eigenvalue weighted by molar-refractivity contribution is 5.89. The second kappa shape index (κ2) is 6.58. The first-order valence-electron chi connectivity index (χ1n) is 6.92. The fraction of sp³-hybridized carbons (Fsp3) is 0.467. The predicted molar refractivity (Wildman–Crippen MR) is 78.5 cm³/mol. The third-order valence-electron chi connectivity index (χ3n) is 3.59. The molecule has 1 aliphatic rings. The van der Waals surface area contributed by atoms with E-state index in [1.165, 1.54) is 5.56 Å². The van der Waals surface area contributed by atoms with Crippen molar-refractivity contribution in [2.45, 2.75) is 26.4 Å². The monoisotopic (exact) mass is 292 g/mol. The molecule has 0 saturated carbocycles. The van der Waals surface area contributed by atoms with Crippen LogP contribution in [0.2, 0.25) is 0 Å². The van der Waals surface area contributed by atoms with Crippen molar-refractivity contribution in [1.82, 2.24) is 4.90 Å². The van der Waals surface area contributed by atoms with Crippen LogP contribution in [0.25, 0.3) is 0 Å². The molecular formula is C15H20N2O4. The minimum Gasteiger partial charge on any atom is -0.481 e. The predicted octanol–water partition coefficient (Wildman–Crippen LogP) is 2.01. The molecular weight excluding hydrogens is 272 g/mol. The Kier molecular flexibility index (Phi) is 4.80. The first-order chi connectivity index (χ1) is 9.95. The quantitative estimate of drug-likeness (QED) is 0.893. The van der Waals surface area contributed by atoms with Gasteiger partial charge in [0.15, 0.2) is 0 Å². The molecule has 2 rings (SSSR count). The van der Waals surface area contributed by atoms with E-state index in [-0.39, 0.29) is 12.5 Å². The molecule has 1 aromatic carbocycles. The van der Waals surface area contributed by atoms with Gasteiger partial charge in [0, 0.05) is 18.8 Å². The van der Waals surface area contributed by atoms with Crippen molar-refractivity contribution in [2.75, 3.05) is 25.0 Å². The van der Waals surface area contributed by atoms with Crippen LogP contribution < -0.4 is 5.32 Å². The fourth-order valence-corrected chi connectivity index (χ4v) is 2.24. The average Bonchev–Trinajstić information content (AvgIpc) is 2.42. The average molecular weight is 292 g/mol. The molecule has 6 nitrogen and oxygen atoms in total. The van der Waals surface area contributed by atoms with E-state index < -0.39 is 12.1 Å². The largest absolute Gasteiger partial charge is 0.481 e. The lowest BCUT2D eigenvalue weighted by molar-refractivity contribution is -0.141. The van der Waals surface area contributed by atoms with E-state index in [0.717, 1.165) is 11.3 Å². The van der Waals surface area contributed by atoms with Gasteiger partial charge in [0.2, 0.25) is 0 Å². The Labute approximate surface area is 123 Å². The standard InChI is InChI=1S/C15H20N2O4/c1-10-3-4-12(7-11(10)2)16-15(20)17-5-6-21-13(9-17)8-14(18)19/h3-4,7,13H,5-6,8-9H2,1-2H3,(H,16,20)(H,18,19). The van der Waals surface area contributed by atoms with E-state index in [0.29, 0.717) is 19.7 Å². The van der Waals surface area contributed by atoms with E-state index in [1.807, 2.05) is 32.0 Å². The van der Waals surface area contributed by atoms with Crippen molar-refractivity contribution < 1.29 is 19.4 Å². The lowest BCUT2D eigenvalue weighted by Crippen LogP contribution is -2.47. The highest BCUT2D eigenvalue weighted by Gasteiger charge is 2.25. The number of carbonyl (C=O) groups excluding carboxylic acids is 1. The van der Waals surface area contributed by atoms with Crippen LogP contribution in [0.1, 0.15) is 17.5 Å². The topological polar surface area (TPSA) is 78.9 Å². The van der Waals surface area contributed by atoms with Crippen LogP contribution in [-0.2, 0) is 9.53 Å². The Morgan fingerprint density at radius 3 is 2.81 bits per heavy atom. The number of anilines is 1. The number of amides is 2. The van der Waals surface area contributed by atoms with Crippen LogP contribution in [0.5, 0.6) is 0 Å². The van der Waals surface area contributed by atoms with E-state index in [1.54, 1.807) is 4.90 Å². The highest BCUT2D eigenvalue weighted by atomic mass is 16.5. The van der Waals surface area contributed by atoms with Crippen molar-refractivity contribution in [3.05, 3.63) is 29.3 Å². The maximum absolute atomic E-state index is 12.2. The van der Waals surface area contributed by atoms with Gasteiger partial charge >= 0.3 is 12.0 Å². The van der Waals surface area contributed by atoms with Gasteiger partial charge < -0.3 is 20.1 Å². The van der Waals surface area contributed by atoms with Crippen LogP contribution in [0.3, 0.4) is 0 Å². The summed E-state index contributed by atoms with van der Waals surface area (Å²) in [5, 5.41) is 11.6. The number of carboxylic acids is 1. The van der Waals surface area contributed by atoms with E-state index >= 15 is 0 Å². The number of nitrogens with zero attached hydrogens (tertiary/aromatic N) is 1. The molecule has 1 heterocycles. The smallest absolute Gasteiger partial charge is 0.322 e. The minimum atomic E-state index is -0.920. The van der Waals surface area contributed by atoms with Gasteiger partial charge in [0.1, 0.15) is 0 Å². The van der Waals surface area contributed by atoms with Gasteiger partial charge in [-0.15, -0.1) is 0 Å². The number of nitrogens with one attached hydrogen (secondary N) is 1. The number of aryl methyl sites for hydroxylation is 2. The molecule has 114 valence electrons. The number of carboxylic acid groups (broad SMARTS) is 1. The molecule has 1 unspecified atom stereocenters. The van der Waals surface area contributed by atoms with Gasteiger partial charge in [0.05, 0.1) is 19.1 Å². The second-order valence-electron chi connectivity index (χ2n) is 5.27. The number of urea groups is 1. The number of hydrogen-bond donors (Lipinski definition) is 2. The zero-order valence-electron chi connectivity index (χ0n) is 12.3. The Balaban J connectivity index is 1.96. The summed E-state index contributed by atoms with van der Waals surface area (Å²) in [4.78, 5) is 24.5. The number of benzene rings is 1. The molecule has 2 N–H and O–H groups in total. The lowest BCUT2D eigenvalue weighted by Gasteiger charge is -2.32. The molecule has 1 saturated heterocycles. The Hall–Kier alpha value is -2.08. The van der Waals surface area contributed by atoms with Gasteiger partial charge in [-0.1, -0.05) is 6.07 Å². The summed E-state index contributed by atoms with van der Waals surface area (Å²) in [6.45, 7) is 5.12. The third kappa shape index (κ3) is 4.19. The number of ether oxygens (including phenoxy) is 1. The summed E-state index contributed by atoms with van der Waals surface area (Å²) >= 11 is 0. The third-order valence-corrected chi connectivity index (χ3v) is 3.59. The summed E-state index contributed by atoms with van der Waals surface area (Å²) < 4.78 is 5.35. The number of hydrogen-bond acceptors (Lipinski definition) is 3. The van der Waals surface area contributed by atoms with Crippen LogP contribution in [0, 0.1) is 13.8 Å². The number of rotatable bonds is 3. The number of aliphatic carboxylic acids is 1. The Morgan fingerprint density at radius 2 is 2.14 bits per heavy atom. The molecule has 1 fully saturated rings. The van der Waals surface area contributed by atoms with Crippen LogP contribution in [0.15, 0.2) is 18.2 Å². The number of carbonyl (C=O) groups is 2.